The Kier molecular flexibility index (Phi) is 5.19. The Balaban J connectivity index is 1.87. The third-order valence-corrected chi connectivity index (χ3v) is 4.51. The van der Waals surface area contributed by atoms with Crippen molar-refractivity contribution in [1.82, 2.24) is 9.97 Å². The predicted molar refractivity (Wildman–Crippen MR) is 108 cm³/mol. The number of benzene rings is 2. The first-order valence-electron chi connectivity index (χ1n) is 8.11. The minimum atomic E-state index is 0.475. The Morgan fingerprint density at radius 3 is 2.27 bits per heavy atom. The molecule has 0 saturated heterocycles. The lowest BCUT2D eigenvalue weighted by atomic mass is 10.1. The smallest absolute Gasteiger partial charge is 0.229 e. The molecular weight excluding hydrogens is 390 g/mol. The van der Waals surface area contributed by atoms with E-state index in [0.717, 1.165) is 27.0 Å². The first-order valence-corrected chi connectivity index (χ1v) is 8.90. The summed E-state index contributed by atoms with van der Waals surface area (Å²) in [5.41, 5.74) is 6.03. The molecule has 26 heavy (non-hydrogen) atoms. The molecular formula is C20H18BrN5. The zero-order valence-corrected chi connectivity index (χ0v) is 16.3. The highest BCUT2D eigenvalue weighted by atomic mass is 79.9. The number of aromatic nitrogens is 2. The van der Waals surface area contributed by atoms with Gasteiger partial charge >= 0.3 is 0 Å². The zero-order chi connectivity index (χ0) is 18.7. The van der Waals surface area contributed by atoms with Crippen molar-refractivity contribution in [3.63, 3.8) is 0 Å². The number of anilines is 4. The minimum absolute atomic E-state index is 0.475. The highest BCUT2D eigenvalue weighted by Crippen LogP contribution is 2.29. The van der Waals surface area contributed by atoms with Crippen LogP contribution in [0.4, 0.5) is 23.1 Å². The van der Waals surface area contributed by atoms with Crippen LogP contribution >= 0.6 is 15.9 Å². The molecule has 2 aromatic carbocycles. The first-order chi connectivity index (χ1) is 12.5. The Morgan fingerprint density at radius 1 is 1.00 bits per heavy atom. The molecule has 0 unspecified atom stereocenters. The molecule has 0 radical (unpaired) electrons. The van der Waals surface area contributed by atoms with Gasteiger partial charge in [-0.05, 0) is 72.1 Å². The highest BCUT2D eigenvalue weighted by molar-refractivity contribution is 9.10. The van der Waals surface area contributed by atoms with Crippen molar-refractivity contribution in [1.29, 1.82) is 5.26 Å². The van der Waals surface area contributed by atoms with E-state index in [0.29, 0.717) is 17.3 Å². The molecule has 2 N–H and O–H groups in total. The molecule has 0 amide bonds. The molecule has 5 nitrogen and oxygen atoms in total. The van der Waals surface area contributed by atoms with Crippen LogP contribution in [-0.2, 0) is 0 Å². The van der Waals surface area contributed by atoms with E-state index < -0.39 is 0 Å². The third-order valence-electron chi connectivity index (χ3n) is 3.93. The van der Waals surface area contributed by atoms with Crippen molar-refractivity contribution < 1.29 is 0 Å². The van der Waals surface area contributed by atoms with E-state index >= 15 is 0 Å². The molecule has 0 fully saturated rings. The second kappa shape index (κ2) is 7.54. The van der Waals surface area contributed by atoms with Crippen molar-refractivity contribution in [3.8, 4) is 6.07 Å². The lowest BCUT2D eigenvalue weighted by Gasteiger charge is -2.15. The maximum absolute atomic E-state index is 8.88. The fourth-order valence-electron chi connectivity index (χ4n) is 2.77. The van der Waals surface area contributed by atoms with E-state index in [1.807, 2.05) is 12.1 Å². The van der Waals surface area contributed by atoms with Gasteiger partial charge in [-0.15, -0.1) is 0 Å². The van der Waals surface area contributed by atoms with E-state index in [9.17, 15) is 0 Å². The largest absolute Gasteiger partial charge is 0.339 e. The Hall–Kier alpha value is -2.91. The second-order valence-corrected chi connectivity index (χ2v) is 6.96. The summed E-state index contributed by atoms with van der Waals surface area (Å²) in [5.74, 6) is 1.16. The number of hydrogen-bond acceptors (Lipinski definition) is 5. The molecule has 1 heterocycles. The minimum Gasteiger partial charge on any atom is -0.339 e. The summed E-state index contributed by atoms with van der Waals surface area (Å²) in [6.45, 7) is 6.24. The molecule has 0 spiro atoms. The number of nitrogens with one attached hydrogen (secondary N) is 2. The summed E-state index contributed by atoms with van der Waals surface area (Å²) < 4.78 is 0.780. The van der Waals surface area contributed by atoms with E-state index in [1.54, 1.807) is 18.3 Å². The van der Waals surface area contributed by atoms with E-state index in [1.165, 1.54) is 5.56 Å². The van der Waals surface area contributed by atoms with Gasteiger partial charge in [0.2, 0.25) is 5.95 Å². The van der Waals surface area contributed by atoms with Crippen molar-refractivity contribution in [2.24, 2.45) is 0 Å². The van der Waals surface area contributed by atoms with E-state index in [-0.39, 0.29) is 0 Å². The van der Waals surface area contributed by atoms with Gasteiger partial charge in [-0.1, -0.05) is 17.7 Å². The molecule has 3 aromatic rings. The second-order valence-electron chi connectivity index (χ2n) is 6.10. The summed E-state index contributed by atoms with van der Waals surface area (Å²) in [7, 11) is 0. The number of nitrogens with zero attached hydrogens (tertiary/aromatic N) is 3. The van der Waals surface area contributed by atoms with Crippen LogP contribution in [0, 0.1) is 32.1 Å². The molecule has 6 heteroatoms. The summed E-state index contributed by atoms with van der Waals surface area (Å²) in [6, 6.07) is 13.5. The number of hydrogen-bond donors (Lipinski definition) is 2. The molecule has 0 bridgehead atoms. The van der Waals surface area contributed by atoms with Gasteiger partial charge in [-0.3, -0.25) is 0 Å². The predicted octanol–water partition coefficient (Wildman–Crippen LogP) is 5.52. The van der Waals surface area contributed by atoms with Gasteiger partial charge in [-0.25, -0.2) is 4.98 Å². The van der Waals surface area contributed by atoms with Gasteiger partial charge in [0.25, 0.3) is 0 Å². The van der Waals surface area contributed by atoms with Crippen LogP contribution in [0.5, 0.6) is 0 Å². The van der Waals surface area contributed by atoms with Crippen LogP contribution in [0.15, 0.2) is 47.1 Å². The van der Waals surface area contributed by atoms with Gasteiger partial charge in [0.1, 0.15) is 5.82 Å². The van der Waals surface area contributed by atoms with Crippen LogP contribution in [0.1, 0.15) is 22.3 Å². The fourth-order valence-corrected chi connectivity index (χ4v) is 3.06. The van der Waals surface area contributed by atoms with Crippen molar-refractivity contribution in [2.45, 2.75) is 20.8 Å². The van der Waals surface area contributed by atoms with Crippen LogP contribution < -0.4 is 10.6 Å². The lowest BCUT2D eigenvalue weighted by Crippen LogP contribution is -2.03. The number of rotatable bonds is 4. The molecule has 0 atom stereocenters. The number of halogens is 1. The summed E-state index contributed by atoms with van der Waals surface area (Å²) in [5, 5.41) is 15.4. The monoisotopic (exact) mass is 407 g/mol. The van der Waals surface area contributed by atoms with Crippen molar-refractivity contribution in [3.05, 3.63) is 69.3 Å². The molecule has 3 rings (SSSR count). The highest BCUT2D eigenvalue weighted by Gasteiger charge is 2.10. The van der Waals surface area contributed by atoms with Gasteiger partial charge < -0.3 is 10.6 Å². The Bertz CT molecular complexity index is 967. The van der Waals surface area contributed by atoms with Gasteiger partial charge in [-0.2, -0.15) is 10.2 Å². The lowest BCUT2D eigenvalue weighted by molar-refractivity contribution is 1.15. The average Bonchev–Trinajstić information content (AvgIpc) is 2.61. The van der Waals surface area contributed by atoms with Crippen molar-refractivity contribution >= 4 is 39.1 Å². The van der Waals surface area contributed by atoms with Gasteiger partial charge in [0.05, 0.1) is 16.1 Å². The maximum atomic E-state index is 8.88. The fraction of sp³-hybridized carbons (Fsp3) is 0.150. The SMILES string of the molecule is Cc1cc(C)c(Nc2nc(Nc3ccc(C#N)cc3)ncc2Br)c(C)c1. The molecule has 0 aliphatic heterocycles. The Morgan fingerprint density at radius 2 is 1.65 bits per heavy atom. The number of aryl methyl sites for hydroxylation is 3. The summed E-state index contributed by atoms with van der Waals surface area (Å²) in [6.07, 6.45) is 1.71. The standard InChI is InChI=1S/C20H18BrN5/c1-12-8-13(2)18(14(3)9-12)25-19-17(21)11-23-20(26-19)24-16-6-4-15(10-22)5-7-16/h4-9,11H,1-3H3,(H2,23,24,25,26). The summed E-state index contributed by atoms with van der Waals surface area (Å²) in [4.78, 5) is 8.87. The van der Waals surface area contributed by atoms with Crippen LogP contribution in [0.3, 0.4) is 0 Å². The third kappa shape index (κ3) is 4.01. The number of nitriles is 1. The summed E-state index contributed by atoms with van der Waals surface area (Å²) >= 11 is 3.50. The molecule has 0 aliphatic rings. The van der Waals surface area contributed by atoms with Crippen molar-refractivity contribution in [2.75, 3.05) is 10.6 Å². The van der Waals surface area contributed by atoms with Gasteiger partial charge in [0.15, 0.2) is 0 Å². The Labute approximate surface area is 161 Å². The van der Waals surface area contributed by atoms with Crippen LogP contribution in [0.25, 0.3) is 0 Å². The molecule has 130 valence electrons. The zero-order valence-electron chi connectivity index (χ0n) is 14.8. The molecule has 0 saturated carbocycles. The van der Waals surface area contributed by atoms with Crippen LogP contribution in [0.2, 0.25) is 0 Å². The van der Waals surface area contributed by atoms with Gasteiger partial charge in [0, 0.05) is 17.6 Å². The van der Waals surface area contributed by atoms with E-state index in [2.05, 4.69) is 75.5 Å². The quantitative estimate of drug-likeness (QED) is 0.595. The topological polar surface area (TPSA) is 73.6 Å². The van der Waals surface area contributed by atoms with Crippen LogP contribution in [-0.4, -0.2) is 9.97 Å². The molecule has 1 aromatic heterocycles. The first kappa shape index (κ1) is 17.9. The molecule has 0 aliphatic carbocycles. The maximum Gasteiger partial charge on any atom is 0.229 e. The average molecular weight is 408 g/mol. The normalized spacial score (nSPS) is 10.3. The van der Waals surface area contributed by atoms with E-state index in [4.69, 9.17) is 5.26 Å².